The average molecular weight is 193 g/mol. The number of fused-ring (bicyclic) bond motifs is 1. The summed E-state index contributed by atoms with van der Waals surface area (Å²) in [5.74, 6) is 0. The van der Waals surface area contributed by atoms with E-state index in [0.29, 0.717) is 11.4 Å². The van der Waals surface area contributed by atoms with Crippen LogP contribution in [0.1, 0.15) is 23.6 Å². The van der Waals surface area contributed by atoms with E-state index in [1.54, 1.807) is 12.1 Å². The molecule has 5 heteroatoms. The molecule has 0 bridgehead atoms. The fourth-order valence-corrected chi connectivity index (χ4v) is 1.86. The zero-order valence-electron chi connectivity index (χ0n) is 7.53. The minimum Gasteiger partial charge on any atom is -0.397 e. The largest absolute Gasteiger partial charge is 0.397 e. The van der Waals surface area contributed by atoms with Crippen LogP contribution in [0.15, 0.2) is 17.3 Å². The van der Waals surface area contributed by atoms with Gasteiger partial charge in [0.15, 0.2) is 0 Å². The fraction of sp³-hybridized carbons (Fsp3) is 0.333. The second-order valence-corrected chi connectivity index (χ2v) is 3.41. The van der Waals surface area contributed by atoms with Crippen LogP contribution in [0.3, 0.4) is 0 Å². The number of hydrogen-bond donors (Lipinski definition) is 3. The fourth-order valence-electron chi connectivity index (χ4n) is 1.86. The predicted octanol–water partition coefficient (Wildman–Crippen LogP) is 1.82. The van der Waals surface area contributed by atoms with Gasteiger partial charge in [0.1, 0.15) is 6.04 Å². The van der Waals surface area contributed by atoms with Crippen molar-refractivity contribution in [2.45, 2.75) is 18.9 Å². The summed E-state index contributed by atoms with van der Waals surface area (Å²) in [6.45, 7) is 0. The molecule has 0 fully saturated rings. The Labute approximate surface area is 80.9 Å². The highest BCUT2D eigenvalue weighted by molar-refractivity contribution is 5.68. The third-order valence-corrected chi connectivity index (χ3v) is 2.61. The Bertz CT molecular complexity index is 379. The highest BCUT2D eigenvalue weighted by atomic mass is 16.5. The van der Waals surface area contributed by atoms with Gasteiger partial charge in [0, 0.05) is 0 Å². The first-order chi connectivity index (χ1) is 6.76. The van der Waals surface area contributed by atoms with Gasteiger partial charge in [0.25, 0.3) is 0 Å². The minimum atomic E-state index is -0.278. The summed E-state index contributed by atoms with van der Waals surface area (Å²) in [5, 5.41) is 11.8. The molecular formula is C9H11N3O2. The Balaban J connectivity index is 2.49. The Morgan fingerprint density at radius 2 is 2.36 bits per heavy atom. The van der Waals surface area contributed by atoms with E-state index in [2.05, 4.69) is 5.18 Å². The van der Waals surface area contributed by atoms with Crippen LogP contribution in [-0.2, 0) is 6.42 Å². The van der Waals surface area contributed by atoms with Gasteiger partial charge in [-0.2, -0.15) is 4.91 Å². The van der Waals surface area contributed by atoms with Gasteiger partial charge in [0.05, 0.1) is 11.4 Å². The first-order valence-corrected chi connectivity index (χ1v) is 4.41. The lowest BCUT2D eigenvalue weighted by atomic mass is 10.1. The number of nitrogen functional groups attached to an aromatic ring is 1. The molecule has 1 atom stereocenters. The van der Waals surface area contributed by atoms with Crippen molar-refractivity contribution in [1.29, 1.82) is 0 Å². The Morgan fingerprint density at radius 1 is 1.57 bits per heavy atom. The Hall–Kier alpha value is -1.62. The van der Waals surface area contributed by atoms with Gasteiger partial charge in [0.2, 0.25) is 0 Å². The molecular weight excluding hydrogens is 182 g/mol. The summed E-state index contributed by atoms with van der Waals surface area (Å²) in [6, 6.07) is 3.18. The number of hydrogen-bond acceptors (Lipinski definition) is 5. The maximum atomic E-state index is 10.5. The van der Waals surface area contributed by atoms with E-state index in [4.69, 9.17) is 10.9 Å². The summed E-state index contributed by atoms with van der Waals surface area (Å²) in [4.78, 5) is 10.5. The minimum absolute atomic E-state index is 0.278. The first-order valence-electron chi connectivity index (χ1n) is 4.41. The molecule has 0 aliphatic heterocycles. The lowest BCUT2D eigenvalue weighted by molar-refractivity contribution is 0.389. The van der Waals surface area contributed by atoms with E-state index < -0.39 is 0 Å². The number of rotatable bonds is 2. The average Bonchev–Trinajstić information content (AvgIpc) is 2.58. The molecule has 0 spiro atoms. The maximum absolute atomic E-state index is 10.5. The molecule has 0 aromatic heterocycles. The molecule has 1 aliphatic rings. The standard InChI is InChI=1S/C9H11N3O2/c10-7-4-6-5(3-9(7)12-14)1-2-8(6)11-13/h3-4,8,12,14H,1-2,10H2. The predicted molar refractivity (Wildman–Crippen MR) is 53.1 cm³/mol. The summed E-state index contributed by atoms with van der Waals surface area (Å²) in [5.41, 5.74) is 10.5. The SMILES string of the molecule is Nc1cc2c(cc1NO)CCC2N=O. The molecule has 1 aromatic carbocycles. The molecule has 0 saturated heterocycles. The van der Waals surface area contributed by atoms with Crippen LogP contribution in [0.4, 0.5) is 11.4 Å². The molecule has 1 aromatic rings. The molecule has 5 nitrogen and oxygen atoms in total. The number of nitrogens with two attached hydrogens (primary N) is 1. The Kier molecular flexibility index (Phi) is 2.09. The molecule has 0 radical (unpaired) electrons. The van der Waals surface area contributed by atoms with Crippen molar-refractivity contribution in [3.05, 3.63) is 28.2 Å². The van der Waals surface area contributed by atoms with Crippen molar-refractivity contribution in [3.8, 4) is 0 Å². The lowest BCUT2D eigenvalue weighted by Gasteiger charge is -2.08. The van der Waals surface area contributed by atoms with Crippen LogP contribution in [0.2, 0.25) is 0 Å². The lowest BCUT2D eigenvalue weighted by Crippen LogP contribution is -1.99. The summed E-state index contributed by atoms with van der Waals surface area (Å²) >= 11 is 0. The highest BCUT2D eigenvalue weighted by Gasteiger charge is 2.24. The second kappa shape index (κ2) is 3.26. The third kappa shape index (κ3) is 1.22. The third-order valence-electron chi connectivity index (χ3n) is 2.61. The van der Waals surface area contributed by atoms with Crippen molar-refractivity contribution in [3.63, 3.8) is 0 Å². The van der Waals surface area contributed by atoms with Gasteiger partial charge in [-0.1, -0.05) is 5.18 Å². The molecule has 14 heavy (non-hydrogen) atoms. The molecule has 1 unspecified atom stereocenters. The maximum Gasteiger partial charge on any atom is 0.118 e. The van der Waals surface area contributed by atoms with Gasteiger partial charge in [-0.05, 0) is 36.1 Å². The van der Waals surface area contributed by atoms with Crippen LogP contribution < -0.4 is 11.2 Å². The summed E-state index contributed by atoms with van der Waals surface area (Å²) in [7, 11) is 0. The monoisotopic (exact) mass is 193 g/mol. The van der Waals surface area contributed by atoms with Gasteiger partial charge in [-0.3, -0.25) is 10.7 Å². The number of anilines is 2. The van der Waals surface area contributed by atoms with E-state index in [0.717, 1.165) is 24.0 Å². The molecule has 0 amide bonds. The van der Waals surface area contributed by atoms with Crippen molar-refractivity contribution < 1.29 is 5.21 Å². The number of benzene rings is 1. The van der Waals surface area contributed by atoms with Gasteiger partial charge >= 0.3 is 0 Å². The number of aryl methyl sites for hydroxylation is 1. The molecule has 0 saturated carbocycles. The van der Waals surface area contributed by atoms with Crippen LogP contribution >= 0.6 is 0 Å². The van der Waals surface area contributed by atoms with Crippen LogP contribution in [-0.4, -0.2) is 5.21 Å². The normalized spacial score (nSPS) is 19.1. The van der Waals surface area contributed by atoms with Crippen LogP contribution in [0, 0.1) is 4.91 Å². The van der Waals surface area contributed by atoms with Crippen molar-refractivity contribution in [2.75, 3.05) is 11.2 Å². The smallest absolute Gasteiger partial charge is 0.118 e. The molecule has 4 N–H and O–H groups in total. The van der Waals surface area contributed by atoms with Crippen molar-refractivity contribution in [2.24, 2.45) is 5.18 Å². The number of nitroso groups, excluding NO2 is 1. The molecule has 74 valence electrons. The summed E-state index contributed by atoms with van der Waals surface area (Å²) in [6.07, 6.45) is 1.54. The zero-order valence-corrected chi connectivity index (χ0v) is 7.53. The van der Waals surface area contributed by atoms with Crippen LogP contribution in [0.25, 0.3) is 0 Å². The molecule has 1 aliphatic carbocycles. The number of nitrogens with zero attached hydrogens (tertiary/aromatic N) is 1. The van der Waals surface area contributed by atoms with Gasteiger partial charge in [-0.15, -0.1) is 0 Å². The topological polar surface area (TPSA) is 87.7 Å². The van der Waals surface area contributed by atoms with Gasteiger partial charge < -0.3 is 5.73 Å². The van der Waals surface area contributed by atoms with Gasteiger partial charge in [-0.25, -0.2) is 0 Å². The molecule has 0 heterocycles. The van der Waals surface area contributed by atoms with Crippen LogP contribution in [0.5, 0.6) is 0 Å². The van der Waals surface area contributed by atoms with Crippen molar-refractivity contribution in [1.82, 2.24) is 0 Å². The summed E-state index contributed by atoms with van der Waals surface area (Å²) < 4.78 is 0. The first kappa shape index (κ1) is 8.96. The van der Waals surface area contributed by atoms with E-state index >= 15 is 0 Å². The van der Waals surface area contributed by atoms with E-state index in [9.17, 15) is 4.91 Å². The second-order valence-electron chi connectivity index (χ2n) is 3.41. The van der Waals surface area contributed by atoms with E-state index in [1.165, 1.54) is 0 Å². The van der Waals surface area contributed by atoms with Crippen molar-refractivity contribution >= 4 is 11.4 Å². The van der Waals surface area contributed by atoms with E-state index in [-0.39, 0.29) is 6.04 Å². The zero-order chi connectivity index (χ0) is 10.1. The molecule has 2 rings (SSSR count). The Morgan fingerprint density at radius 3 is 3.00 bits per heavy atom. The highest BCUT2D eigenvalue weighted by Crippen LogP contribution is 2.37. The van der Waals surface area contributed by atoms with E-state index in [1.807, 2.05) is 5.48 Å². The quantitative estimate of drug-likeness (QED) is 0.380. The number of nitrogens with one attached hydrogen (secondary N) is 1.